The number of nitriles is 1. The molecule has 1 saturated heterocycles. The van der Waals surface area contributed by atoms with E-state index < -0.39 is 0 Å². The van der Waals surface area contributed by atoms with Gasteiger partial charge in [-0.3, -0.25) is 4.90 Å². The van der Waals surface area contributed by atoms with Crippen molar-refractivity contribution in [3.8, 4) is 17.4 Å². The number of piperazine rings is 1. The zero-order valence-electron chi connectivity index (χ0n) is 14.9. The van der Waals surface area contributed by atoms with Gasteiger partial charge in [0.05, 0.1) is 23.9 Å². The van der Waals surface area contributed by atoms with Crippen LogP contribution in [-0.4, -0.2) is 60.4 Å². The predicted octanol–water partition coefficient (Wildman–Crippen LogP) is 2.53. The summed E-state index contributed by atoms with van der Waals surface area (Å²) in [5.74, 6) is 0.671. The second-order valence-electron chi connectivity index (χ2n) is 6.15. The van der Waals surface area contributed by atoms with E-state index in [2.05, 4.69) is 16.1 Å². The van der Waals surface area contributed by atoms with E-state index in [0.29, 0.717) is 31.0 Å². The van der Waals surface area contributed by atoms with Crippen molar-refractivity contribution in [1.82, 2.24) is 15.0 Å². The Balaban J connectivity index is 1.50. The molecular formula is C19H22N4O3. The van der Waals surface area contributed by atoms with Gasteiger partial charge >= 0.3 is 6.09 Å². The molecule has 0 unspecified atom stereocenters. The molecule has 0 radical (unpaired) electrons. The number of carbonyl (C=O) groups excluding carboxylic acids is 1. The van der Waals surface area contributed by atoms with Gasteiger partial charge in [0.2, 0.25) is 0 Å². The van der Waals surface area contributed by atoms with E-state index in [1.165, 1.54) is 0 Å². The fraction of sp³-hybridized carbons (Fsp3) is 0.421. The summed E-state index contributed by atoms with van der Waals surface area (Å²) in [7, 11) is 0. The molecule has 1 aromatic carbocycles. The molecule has 2 heterocycles. The zero-order valence-corrected chi connectivity index (χ0v) is 14.9. The highest BCUT2D eigenvalue weighted by Gasteiger charge is 2.21. The van der Waals surface area contributed by atoms with Gasteiger partial charge < -0.3 is 14.2 Å². The summed E-state index contributed by atoms with van der Waals surface area (Å²) in [6, 6.07) is 11.3. The molecule has 1 fully saturated rings. The minimum absolute atomic E-state index is 0.229. The summed E-state index contributed by atoms with van der Waals surface area (Å²) in [5, 5.41) is 13.1. The van der Waals surface area contributed by atoms with E-state index in [-0.39, 0.29) is 6.09 Å². The first-order valence-electron chi connectivity index (χ1n) is 8.79. The van der Waals surface area contributed by atoms with Gasteiger partial charge in [-0.15, -0.1) is 0 Å². The maximum absolute atomic E-state index is 11.7. The van der Waals surface area contributed by atoms with Crippen molar-refractivity contribution in [2.24, 2.45) is 0 Å². The number of nitrogens with zero attached hydrogens (tertiary/aromatic N) is 4. The van der Waals surface area contributed by atoms with Crippen LogP contribution in [0.3, 0.4) is 0 Å². The topological polar surface area (TPSA) is 82.6 Å². The van der Waals surface area contributed by atoms with Gasteiger partial charge in [0.25, 0.3) is 0 Å². The van der Waals surface area contributed by atoms with Crippen LogP contribution in [0.2, 0.25) is 0 Å². The molecule has 1 aromatic heterocycles. The van der Waals surface area contributed by atoms with E-state index in [0.717, 1.165) is 37.3 Å². The average molecular weight is 354 g/mol. The van der Waals surface area contributed by atoms with Gasteiger partial charge in [0.1, 0.15) is 0 Å². The Morgan fingerprint density at radius 3 is 2.85 bits per heavy atom. The van der Waals surface area contributed by atoms with Gasteiger partial charge in [-0.05, 0) is 19.1 Å². The monoisotopic (exact) mass is 354 g/mol. The maximum Gasteiger partial charge on any atom is 0.409 e. The number of hydrogen-bond acceptors (Lipinski definition) is 6. The molecule has 2 aromatic rings. The molecule has 0 aliphatic carbocycles. The summed E-state index contributed by atoms with van der Waals surface area (Å²) in [6.07, 6.45) is 0.550. The second kappa shape index (κ2) is 8.50. The molecule has 3 rings (SSSR count). The molecule has 0 saturated carbocycles. The molecule has 26 heavy (non-hydrogen) atoms. The molecule has 0 N–H and O–H groups in total. The maximum atomic E-state index is 11.7. The molecule has 1 aliphatic rings. The molecular weight excluding hydrogens is 332 g/mol. The van der Waals surface area contributed by atoms with Gasteiger partial charge in [0, 0.05) is 50.8 Å². The van der Waals surface area contributed by atoms with Crippen LogP contribution in [0.5, 0.6) is 0 Å². The van der Waals surface area contributed by atoms with E-state index >= 15 is 0 Å². The standard InChI is InChI=1S/C19H22N4O3/c1-2-25-19(24)23-10-8-22(9-11-23)7-6-17-13-18(26-21-17)16-5-3-4-15(12-16)14-20/h3-5,12-13H,2,6-11H2,1H3. The van der Waals surface area contributed by atoms with Crippen molar-refractivity contribution in [3.05, 3.63) is 41.6 Å². The highest BCUT2D eigenvalue weighted by molar-refractivity contribution is 5.67. The highest BCUT2D eigenvalue weighted by Crippen LogP contribution is 2.21. The second-order valence-corrected chi connectivity index (χ2v) is 6.15. The number of amides is 1. The van der Waals surface area contributed by atoms with Crippen molar-refractivity contribution in [2.45, 2.75) is 13.3 Å². The summed E-state index contributed by atoms with van der Waals surface area (Å²) in [4.78, 5) is 15.8. The number of aromatic nitrogens is 1. The van der Waals surface area contributed by atoms with Gasteiger partial charge in [-0.2, -0.15) is 5.26 Å². The molecule has 7 nitrogen and oxygen atoms in total. The normalized spacial score (nSPS) is 14.8. The average Bonchev–Trinajstić information content (AvgIpc) is 3.16. The molecule has 0 atom stereocenters. The van der Waals surface area contributed by atoms with Crippen molar-refractivity contribution < 1.29 is 14.1 Å². The van der Waals surface area contributed by atoms with E-state index in [1.807, 2.05) is 25.1 Å². The van der Waals surface area contributed by atoms with E-state index in [1.54, 1.807) is 17.0 Å². The predicted molar refractivity (Wildman–Crippen MR) is 95.4 cm³/mol. The number of hydrogen-bond donors (Lipinski definition) is 0. The zero-order chi connectivity index (χ0) is 18.4. The number of rotatable bonds is 5. The first-order valence-corrected chi connectivity index (χ1v) is 8.79. The van der Waals surface area contributed by atoms with Gasteiger partial charge in [0.15, 0.2) is 5.76 Å². The Morgan fingerprint density at radius 1 is 1.31 bits per heavy atom. The third-order valence-electron chi connectivity index (χ3n) is 4.42. The van der Waals surface area contributed by atoms with Crippen LogP contribution in [0, 0.1) is 11.3 Å². The van der Waals surface area contributed by atoms with Crippen LogP contribution < -0.4 is 0 Å². The van der Waals surface area contributed by atoms with Crippen LogP contribution in [0.4, 0.5) is 4.79 Å². The first kappa shape index (κ1) is 18.0. The minimum Gasteiger partial charge on any atom is -0.450 e. The van der Waals surface area contributed by atoms with Crippen LogP contribution in [0.25, 0.3) is 11.3 Å². The SMILES string of the molecule is CCOC(=O)N1CCN(CCc2cc(-c3cccc(C#N)c3)on2)CC1. The van der Waals surface area contributed by atoms with E-state index in [9.17, 15) is 4.79 Å². The van der Waals surface area contributed by atoms with Crippen LogP contribution in [0.1, 0.15) is 18.2 Å². The molecule has 0 spiro atoms. The Morgan fingerprint density at radius 2 is 2.12 bits per heavy atom. The Kier molecular flexibility index (Phi) is 5.87. The Hall–Kier alpha value is -2.85. The smallest absolute Gasteiger partial charge is 0.409 e. The quantitative estimate of drug-likeness (QED) is 0.820. The Bertz CT molecular complexity index is 788. The lowest BCUT2D eigenvalue weighted by Gasteiger charge is -2.33. The van der Waals surface area contributed by atoms with Crippen molar-refractivity contribution in [3.63, 3.8) is 0 Å². The number of benzene rings is 1. The van der Waals surface area contributed by atoms with Crippen LogP contribution in [-0.2, 0) is 11.2 Å². The van der Waals surface area contributed by atoms with Crippen LogP contribution >= 0.6 is 0 Å². The molecule has 7 heteroatoms. The first-order chi connectivity index (χ1) is 12.7. The van der Waals surface area contributed by atoms with Gasteiger partial charge in [-0.1, -0.05) is 17.3 Å². The fourth-order valence-corrected chi connectivity index (χ4v) is 2.95. The highest BCUT2D eigenvalue weighted by atomic mass is 16.6. The van der Waals surface area contributed by atoms with Crippen molar-refractivity contribution in [1.29, 1.82) is 5.26 Å². The van der Waals surface area contributed by atoms with E-state index in [4.69, 9.17) is 14.5 Å². The fourth-order valence-electron chi connectivity index (χ4n) is 2.95. The van der Waals surface area contributed by atoms with Crippen LogP contribution in [0.15, 0.2) is 34.9 Å². The summed E-state index contributed by atoms with van der Waals surface area (Å²) < 4.78 is 10.5. The lowest BCUT2D eigenvalue weighted by atomic mass is 10.1. The molecule has 136 valence electrons. The third kappa shape index (κ3) is 4.41. The third-order valence-corrected chi connectivity index (χ3v) is 4.42. The molecule has 1 aliphatic heterocycles. The summed E-state index contributed by atoms with van der Waals surface area (Å²) in [5.41, 5.74) is 2.33. The lowest BCUT2D eigenvalue weighted by molar-refractivity contribution is 0.0798. The number of ether oxygens (including phenoxy) is 1. The summed E-state index contributed by atoms with van der Waals surface area (Å²) >= 11 is 0. The largest absolute Gasteiger partial charge is 0.450 e. The minimum atomic E-state index is -0.229. The van der Waals surface area contributed by atoms with Gasteiger partial charge in [-0.25, -0.2) is 4.79 Å². The van der Waals surface area contributed by atoms with Crippen molar-refractivity contribution >= 4 is 6.09 Å². The molecule has 0 bridgehead atoms. The Labute approximate surface area is 152 Å². The lowest BCUT2D eigenvalue weighted by Crippen LogP contribution is -2.49. The number of carbonyl (C=O) groups is 1. The summed E-state index contributed by atoms with van der Waals surface area (Å²) in [6.45, 7) is 6.11. The van der Waals surface area contributed by atoms with Crippen molar-refractivity contribution in [2.75, 3.05) is 39.3 Å². The molecule has 1 amide bonds.